The lowest BCUT2D eigenvalue weighted by atomic mass is 10.2. The van der Waals surface area contributed by atoms with Crippen molar-refractivity contribution in [1.29, 1.82) is 0 Å². The lowest BCUT2D eigenvalue weighted by molar-refractivity contribution is -0.113. The number of hydrogen-bond acceptors (Lipinski definition) is 5. The summed E-state index contributed by atoms with van der Waals surface area (Å²) in [7, 11) is 0. The number of thioether (sulfide) groups is 1. The Bertz CT molecular complexity index is 893. The highest BCUT2D eigenvalue weighted by atomic mass is 79.9. The number of nitrogens with two attached hydrogens (primary N) is 1. The van der Waals surface area contributed by atoms with Crippen molar-refractivity contribution >= 4 is 45.0 Å². The molecule has 0 aliphatic heterocycles. The first-order valence-corrected chi connectivity index (χ1v) is 9.82. The molecule has 0 atom stereocenters. The molecule has 0 fully saturated rings. The number of carbonyl (C=O) groups excluding carboxylic acids is 1. The van der Waals surface area contributed by atoms with Crippen LogP contribution in [0.3, 0.4) is 0 Å². The summed E-state index contributed by atoms with van der Waals surface area (Å²) in [6.45, 7) is 2.74. The minimum atomic E-state index is -0.0861. The second kappa shape index (κ2) is 8.37. The Hall–Kier alpha value is -2.32. The molecule has 0 bridgehead atoms. The van der Waals surface area contributed by atoms with Crippen LogP contribution in [0.2, 0.25) is 0 Å². The fourth-order valence-electron chi connectivity index (χ4n) is 2.39. The Morgan fingerprint density at radius 2 is 1.85 bits per heavy atom. The summed E-state index contributed by atoms with van der Waals surface area (Å²) in [6.07, 6.45) is 0. The summed E-state index contributed by atoms with van der Waals surface area (Å²) in [4.78, 5) is 12.2. The molecule has 3 aromatic rings. The molecule has 0 saturated heterocycles. The molecule has 3 rings (SSSR count). The van der Waals surface area contributed by atoms with Crippen LogP contribution in [0.1, 0.15) is 6.92 Å². The number of amides is 1. The number of benzene rings is 2. The Labute approximate surface area is 164 Å². The van der Waals surface area contributed by atoms with E-state index in [4.69, 9.17) is 5.73 Å². The fourth-order valence-corrected chi connectivity index (χ4v) is 3.45. The maximum Gasteiger partial charge on any atom is 0.234 e. The second-order valence-electron chi connectivity index (χ2n) is 5.52. The monoisotopic (exact) mass is 431 g/mol. The van der Waals surface area contributed by atoms with E-state index in [-0.39, 0.29) is 11.7 Å². The number of rotatable bonds is 6. The Morgan fingerprint density at radius 1 is 1.15 bits per heavy atom. The highest BCUT2D eigenvalue weighted by molar-refractivity contribution is 9.10. The van der Waals surface area contributed by atoms with Crippen LogP contribution in [0.15, 0.2) is 58.2 Å². The van der Waals surface area contributed by atoms with Crippen LogP contribution >= 0.6 is 27.7 Å². The molecule has 1 amide bonds. The van der Waals surface area contributed by atoms with E-state index < -0.39 is 0 Å². The second-order valence-corrected chi connectivity index (χ2v) is 7.37. The van der Waals surface area contributed by atoms with E-state index in [0.29, 0.717) is 17.4 Å². The fraction of sp³-hybridized carbons (Fsp3) is 0.167. The summed E-state index contributed by atoms with van der Waals surface area (Å²) < 4.78 is 2.96. The molecule has 0 aliphatic carbocycles. The van der Waals surface area contributed by atoms with Crippen molar-refractivity contribution in [2.24, 2.45) is 0 Å². The zero-order chi connectivity index (χ0) is 18.5. The average Bonchev–Trinajstić information content (AvgIpc) is 3.05. The molecule has 8 heteroatoms. The summed E-state index contributed by atoms with van der Waals surface area (Å²) in [6, 6.07) is 15.0. The first kappa shape index (κ1) is 18.5. The van der Waals surface area contributed by atoms with Gasteiger partial charge in [0.25, 0.3) is 0 Å². The van der Waals surface area contributed by atoms with Gasteiger partial charge < -0.3 is 15.6 Å². The van der Waals surface area contributed by atoms with E-state index in [9.17, 15) is 4.79 Å². The number of anilines is 2. The van der Waals surface area contributed by atoms with E-state index in [1.807, 2.05) is 60.0 Å². The Morgan fingerprint density at radius 3 is 2.50 bits per heavy atom. The van der Waals surface area contributed by atoms with E-state index in [1.165, 1.54) is 11.8 Å². The average molecular weight is 432 g/mol. The van der Waals surface area contributed by atoms with Crippen molar-refractivity contribution in [1.82, 2.24) is 14.8 Å². The highest BCUT2D eigenvalue weighted by Crippen LogP contribution is 2.25. The van der Waals surface area contributed by atoms with Gasteiger partial charge in [0.15, 0.2) is 11.0 Å². The molecule has 26 heavy (non-hydrogen) atoms. The quantitative estimate of drug-likeness (QED) is 0.454. The SMILES string of the molecule is CCn1c(SCC(=O)Nc2ccc(Br)cc2)nnc1-c1ccc(N)cc1. The van der Waals surface area contributed by atoms with Gasteiger partial charge in [-0.3, -0.25) is 4.79 Å². The van der Waals surface area contributed by atoms with Crippen LogP contribution in [-0.2, 0) is 11.3 Å². The zero-order valence-electron chi connectivity index (χ0n) is 14.1. The predicted molar refractivity (Wildman–Crippen MR) is 109 cm³/mol. The molecule has 0 radical (unpaired) electrons. The molecule has 0 spiro atoms. The Balaban J connectivity index is 1.67. The molecule has 0 aliphatic rings. The number of nitrogen functional groups attached to an aromatic ring is 1. The van der Waals surface area contributed by atoms with Crippen molar-refractivity contribution in [2.45, 2.75) is 18.6 Å². The number of carbonyl (C=O) groups is 1. The predicted octanol–water partition coefficient (Wildman–Crippen LogP) is 4.04. The third kappa shape index (κ3) is 4.44. The van der Waals surface area contributed by atoms with E-state index in [2.05, 4.69) is 31.4 Å². The van der Waals surface area contributed by atoms with Gasteiger partial charge in [-0.15, -0.1) is 10.2 Å². The maximum atomic E-state index is 12.2. The van der Waals surface area contributed by atoms with Gasteiger partial charge in [0.1, 0.15) is 0 Å². The third-order valence-electron chi connectivity index (χ3n) is 3.66. The first-order valence-electron chi connectivity index (χ1n) is 8.04. The minimum Gasteiger partial charge on any atom is -0.399 e. The molecular weight excluding hydrogens is 414 g/mol. The number of halogens is 1. The summed E-state index contributed by atoms with van der Waals surface area (Å²) >= 11 is 4.74. The minimum absolute atomic E-state index is 0.0861. The Kier molecular flexibility index (Phi) is 5.95. The van der Waals surface area contributed by atoms with E-state index >= 15 is 0 Å². The van der Waals surface area contributed by atoms with Crippen molar-refractivity contribution in [3.05, 3.63) is 53.0 Å². The lowest BCUT2D eigenvalue weighted by Crippen LogP contribution is -2.14. The van der Waals surface area contributed by atoms with E-state index in [0.717, 1.165) is 21.5 Å². The number of aromatic nitrogens is 3. The van der Waals surface area contributed by atoms with Gasteiger partial charge in [-0.05, 0) is 55.5 Å². The highest BCUT2D eigenvalue weighted by Gasteiger charge is 2.14. The molecule has 6 nitrogen and oxygen atoms in total. The number of hydrogen-bond donors (Lipinski definition) is 2. The van der Waals surface area contributed by atoms with Gasteiger partial charge in [0.2, 0.25) is 5.91 Å². The number of nitrogens with one attached hydrogen (secondary N) is 1. The summed E-state index contributed by atoms with van der Waals surface area (Å²) in [5.41, 5.74) is 8.15. The summed E-state index contributed by atoms with van der Waals surface area (Å²) in [5.74, 6) is 0.941. The molecule has 134 valence electrons. The van der Waals surface area contributed by atoms with Crippen molar-refractivity contribution in [2.75, 3.05) is 16.8 Å². The zero-order valence-corrected chi connectivity index (χ0v) is 16.5. The third-order valence-corrected chi connectivity index (χ3v) is 5.16. The van der Waals surface area contributed by atoms with Crippen LogP contribution in [-0.4, -0.2) is 26.4 Å². The molecule has 1 aromatic heterocycles. The first-order chi connectivity index (χ1) is 12.6. The number of nitrogens with zero attached hydrogens (tertiary/aromatic N) is 3. The van der Waals surface area contributed by atoms with Crippen LogP contribution in [0, 0.1) is 0 Å². The normalized spacial score (nSPS) is 10.7. The smallest absolute Gasteiger partial charge is 0.234 e. The van der Waals surface area contributed by atoms with Crippen molar-refractivity contribution in [3.63, 3.8) is 0 Å². The van der Waals surface area contributed by atoms with Gasteiger partial charge >= 0.3 is 0 Å². The van der Waals surface area contributed by atoms with Crippen molar-refractivity contribution in [3.8, 4) is 11.4 Å². The standard InChI is InChI=1S/C18H18BrN5OS/c1-2-24-17(12-3-7-14(20)8-4-12)22-23-18(24)26-11-16(25)21-15-9-5-13(19)6-10-15/h3-10H,2,11,20H2,1H3,(H,21,25). The maximum absolute atomic E-state index is 12.2. The van der Waals surface area contributed by atoms with Gasteiger partial charge in [-0.25, -0.2) is 0 Å². The van der Waals surface area contributed by atoms with Gasteiger partial charge in [0.05, 0.1) is 5.75 Å². The largest absolute Gasteiger partial charge is 0.399 e. The topological polar surface area (TPSA) is 85.8 Å². The van der Waals surface area contributed by atoms with Gasteiger partial charge in [-0.1, -0.05) is 27.7 Å². The molecule has 0 saturated carbocycles. The van der Waals surface area contributed by atoms with Crippen molar-refractivity contribution < 1.29 is 4.79 Å². The van der Waals surface area contributed by atoms with E-state index in [1.54, 1.807) is 0 Å². The molecule has 1 heterocycles. The van der Waals surface area contributed by atoms with Crippen LogP contribution < -0.4 is 11.1 Å². The van der Waals surface area contributed by atoms with Gasteiger partial charge in [0, 0.05) is 28.0 Å². The molecule has 2 aromatic carbocycles. The molecular formula is C18H18BrN5OS. The summed E-state index contributed by atoms with van der Waals surface area (Å²) in [5, 5.41) is 12.1. The lowest BCUT2D eigenvalue weighted by Gasteiger charge is -2.08. The van der Waals surface area contributed by atoms with Crippen LogP contribution in [0.25, 0.3) is 11.4 Å². The van der Waals surface area contributed by atoms with Gasteiger partial charge in [-0.2, -0.15) is 0 Å². The molecule has 0 unspecified atom stereocenters. The van der Waals surface area contributed by atoms with Crippen LogP contribution in [0.4, 0.5) is 11.4 Å². The van der Waals surface area contributed by atoms with Crippen LogP contribution in [0.5, 0.6) is 0 Å². The molecule has 3 N–H and O–H groups in total.